The molecule has 0 aromatic carbocycles. The molecular formula is C21H30F3NO4S. The van der Waals surface area contributed by atoms with E-state index >= 15 is 0 Å². The van der Waals surface area contributed by atoms with Crippen molar-refractivity contribution in [1.82, 2.24) is 4.90 Å². The monoisotopic (exact) mass is 449 g/mol. The molecule has 5 nitrogen and oxygen atoms in total. The first-order valence-corrected chi connectivity index (χ1v) is 12.1. The van der Waals surface area contributed by atoms with Crippen molar-refractivity contribution in [3.63, 3.8) is 0 Å². The molecule has 0 aromatic rings. The van der Waals surface area contributed by atoms with Crippen molar-refractivity contribution in [1.29, 1.82) is 0 Å². The van der Waals surface area contributed by atoms with Crippen LogP contribution in [0.25, 0.3) is 0 Å². The smallest absolute Gasteiger partial charge is 0.380 e. The first-order valence-electron chi connectivity index (χ1n) is 10.7. The van der Waals surface area contributed by atoms with E-state index in [0.717, 1.165) is 19.3 Å². The van der Waals surface area contributed by atoms with Crippen LogP contribution in [0.5, 0.6) is 0 Å². The topological polar surface area (TPSA) is 63.7 Å². The van der Waals surface area contributed by atoms with E-state index in [9.17, 15) is 26.4 Å². The van der Waals surface area contributed by atoms with Crippen molar-refractivity contribution in [2.75, 3.05) is 7.05 Å². The molecule has 1 aliphatic heterocycles. The Kier molecular flexibility index (Phi) is 4.85. The standard InChI is InChI=1S/C21H30F3NO4S/c1-12-11-15-19(2,10-8-17(26)25(15)4)14-7-9-20(3)13(18(12)14)5-6-16(20)29-30(27,28)21(22,23)24/h6,12-15,18H,5,7-11H2,1-4H3/t12-,13-,14-,15+,18-,19+,20-/m0/s1. The number of piperidine rings is 1. The predicted molar refractivity (Wildman–Crippen MR) is 104 cm³/mol. The zero-order valence-electron chi connectivity index (χ0n) is 17.8. The quantitative estimate of drug-likeness (QED) is 0.461. The summed E-state index contributed by atoms with van der Waals surface area (Å²) in [6.45, 7) is 6.29. The van der Waals surface area contributed by atoms with E-state index in [1.165, 1.54) is 0 Å². The second kappa shape index (κ2) is 6.62. The maximum atomic E-state index is 12.9. The number of nitrogens with zero attached hydrogens (tertiary/aromatic N) is 1. The highest BCUT2D eigenvalue weighted by Gasteiger charge is 2.63. The normalized spacial score (nSPS) is 44.1. The minimum Gasteiger partial charge on any atom is -0.380 e. The summed E-state index contributed by atoms with van der Waals surface area (Å²) in [7, 11) is -3.79. The number of carbonyl (C=O) groups is 1. The fraction of sp³-hybridized carbons (Fsp3) is 0.857. The van der Waals surface area contributed by atoms with Crippen LogP contribution in [0, 0.1) is 34.5 Å². The Labute approximate surface area is 176 Å². The average molecular weight is 450 g/mol. The molecule has 3 fully saturated rings. The van der Waals surface area contributed by atoms with Gasteiger partial charge in [-0.3, -0.25) is 4.79 Å². The summed E-state index contributed by atoms with van der Waals surface area (Å²) in [6.07, 6.45) is 5.70. The SMILES string of the molecule is C[C@H]1C[C@H]2N(C)C(=O)CC[C@]2(C)[C@H]2CC[C@]3(C)C(OS(=O)(=O)C(F)(F)F)=CC[C@H]3[C@H]12. The Morgan fingerprint density at radius 1 is 1.20 bits per heavy atom. The molecule has 2 saturated carbocycles. The predicted octanol–water partition coefficient (Wildman–Crippen LogP) is 4.46. The van der Waals surface area contributed by atoms with Gasteiger partial charge < -0.3 is 9.08 Å². The number of amides is 1. The molecule has 3 aliphatic carbocycles. The largest absolute Gasteiger partial charge is 0.534 e. The highest BCUT2D eigenvalue weighted by molar-refractivity contribution is 7.87. The summed E-state index contributed by atoms with van der Waals surface area (Å²) >= 11 is 0. The minimum atomic E-state index is -5.67. The van der Waals surface area contributed by atoms with Gasteiger partial charge in [0, 0.05) is 24.9 Å². The number of rotatable bonds is 2. The third-order valence-corrected chi connectivity index (χ3v) is 9.89. The van der Waals surface area contributed by atoms with Crippen molar-refractivity contribution < 1.29 is 30.6 Å². The van der Waals surface area contributed by atoms with E-state index in [1.54, 1.807) is 6.08 Å². The zero-order chi connectivity index (χ0) is 22.3. The molecule has 0 spiro atoms. The van der Waals surface area contributed by atoms with Gasteiger partial charge in [-0.15, -0.1) is 0 Å². The molecule has 9 heteroatoms. The van der Waals surface area contributed by atoms with Crippen LogP contribution in [0.15, 0.2) is 11.8 Å². The highest BCUT2D eigenvalue weighted by Crippen LogP contribution is 2.66. The van der Waals surface area contributed by atoms with E-state index in [1.807, 2.05) is 18.9 Å². The molecule has 30 heavy (non-hydrogen) atoms. The van der Waals surface area contributed by atoms with Gasteiger partial charge in [0.25, 0.3) is 0 Å². The number of allylic oxidation sites excluding steroid dienone is 2. The lowest BCUT2D eigenvalue weighted by Gasteiger charge is -2.63. The molecule has 0 radical (unpaired) electrons. The van der Waals surface area contributed by atoms with Crippen molar-refractivity contribution in [3.8, 4) is 0 Å². The zero-order valence-corrected chi connectivity index (χ0v) is 18.6. The van der Waals surface area contributed by atoms with Crippen molar-refractivity contribution in [2.24, 2.45) is 34.5 Å². The fourth-order valence-corrected chi connectivity index (χ4v) is 7.88. The lowest BCUT2D eigenvalue weighted by atomic mass is 9.45. The number of hydrogen-bond acceptors (Lipinski definition) is 4. The summed E-state index contributed by atoms with van der Waals surface area (Å²) < 4.78 is 66.7. The summed E-state index contributed by atoms with van der Waals surface area (Å²) in [5.41, 5.74) is -6.17. The maximum Gasteiger partial charge on any atom is 0.534 e. The van der Waals surface area contributed by atoms with Crippen LogP contribution < -0.4 is 0 Å². The van der Waals surface area contributed by atoms with Gasteiger partial charge in [-0.1, -0.05) is 20.8 Å². The van der Waals surface area contributed by atoms with Gasteiger partial charge in [0.15, 0.2) is 0 Å². The second-order valence-corrected chi connectivity index (χ2v) is 11.8. The molecule has 0 bridgehead atoms. The van der Waals surface area contributed by atoms with Crippen molar-refractivity contribution in [3.05, 3.63) is 11.8 Å². The Bertz CT molecular complexity index is 885. The third kappa shape index (κ3) is 2.93. The van der Waals surface area contributed by atoms with Gasteiger partial charge in [-0.05, 0) is 67.3 Å². The molecule has 1 heterocycles. The van der Waals surface area contributed by atoms with Crippen LogP contribution >= 0.6 is 0 Å². The van der Waals surface area contributed by atoms with Gasteiger partial charge >= 0.3 is 15.6 Å². The van der Waals surface area contributed by atoms with E-state index in [4.69, 9.17) is 0 Å². The van der Waals surface area contributed by atoms with Gasteiger partial charge in [0.2, 0.25) is 5.91 Å². The maximum absolute atomic E-state index is 12.9. The molecule has 7 atom stereocenters. The van der Waals surface area contributed by atoms with Crippen LogP contribution in [-0.4, -0.2) is 37.8 Å². The lowest BCUT2D eigenvalue weighted by molar-refractivity contribution is -0.164. The number of halogens is 3. The van der Waals surface area contributed by atoms with E-state index < -0.39 is 21.0 Å². The molecule has 170 valence electrons. The molecule has 1 saturated heterocycles. The molecule has 4 aliphatic rings. The number of fused-ring (bicyclic) bond motifs is 5. The van der Waals surface area contributed by atoms with Gasteiger partial charge in [0.05, 0.1) is 0 Å². The summed E-state index contributed by atoms with van der Waals surface area (Å²) in [5, 5.41) is 0. The third-order valence-electron chi connectivity index (χ3n) is 8.92. The molecule has 0 unspecified atom stereocenters. The number of carbonyl (C=O) groups excluding carboxylic acids is 1. The molecule has 0 aromatic heterocycles. The highest BCUT2D eigenvalue weighted by atomic mass is 32.2. The van der Waals surface area contributed by atoms with Gasteiger partial charge in [0.1, 0.15) is 5.76 Å². The van der Waals surface area contributed by atoms with Crippen LogP contribution in [-0.2, 0) is 19.1 Å². The summed E-state index contributed by atoms with van der Waals surface area (Å²) in [5.74, 6) is 1.09. The number of alkyl halides is 3. The van der Waals surface area contributed by atoms with Crippen LogP contribution in [0.2, 0.25) is 0 Å². The Morgan fingerprint density at radius 2 is 1.87 bits per heavy atom. The lowest BCUT2D eigenvalue weighted by Crippen LogP contribution is -2.63. The first kappa shape index (κ1) is 22.0. The molecule has 1 amide bonds. The van der Waals surface area contributed by atoms with Crippen LogP contribution in [0.3, 0.4) is 0 Å². The number of likely N-dealkylation sites (tertiary alicyclic amines) is 1. The van der Waals surface area contributed by atoms with Crippen LogP contribution in [0.4, 0.5) is 13.2 Å². The first-order chi connectivity index (χ1) is 13.7. The molecule has 0 N–H and O–H groups in total. The second-order valence-electron chi connectivity index (χ2n) is 10.3. The summed E-state index contributed by atoms with van der Waals surface area (Å²) in [6, 6.07) is 0.176. The van der Waals surface area contributed by atoms with Gasteiger partial charge in [-0.2, -0.15) is 21.6 Å². The number of hydrogen-bond donors (Lipinski definition) is 0. The van der Waals surface area contributed by atoms with Gasteiger partial charge in [-0.25, -0.2) is 0 Å². The average Bonchev–Trinajstić information content (AvgIpc) is 2.95. The molecular weight excluding hydrogens is 419 g/mol. The molecule has 4 rings (SSSR count). The van der Waals surface area contributed by atoms with E-state index in [-0.39, 0.29) is 40.9 Å². The van der Waals surface area contributed by atoms with Crippen molar-refractivity contribution in [2.45, 2.75) is 70.8 Å². The van der Waals surface area contributed by atoms with E-state index in [0.29, 0.717) is 25.2 Å². The Balaban J connectivity index is 1.63. The van der Waals surface area contributed by atoms with Crippen LogP contribution in [0.1, 0.15) is 59.3 Å². The van der Waals surface area contributed by atoms with Crippen molar-refractivity contribution >= 4 is 16.0 Å². The minimum absolute atomic E-state index is 0.0250. The van der Waals surface area contributed by atoms with E-state index in [2.05, 4.69) is 18.0 Å². The fourth-order valence-electron chi connectivity index (χ4n) is 7.29. The summed E-state index contributed by atoms with van der Waals surface area (Å²) in [4.78, 5) is 14.2. The Morgan fingerprint density at radius 3 is 2.50 bits per heavy atom. The Hall–Kier alpha value is -1.25.